The smallest absolute Gasteiger partial charge is 0.307 e. The van der Waals surface area contributed by atoms with E-state index in [1.807, 2.05) is 20.8 Å². The summed E-state index contributed by atoms with van der Waals surface area (Å²) in [6.07, 6.45) is -0.00706. The average molecular weight is 208 g/mol. The Hall–Kier alpha value is -1.51. The van der Waals surface area contributed by atoms with E-state index in [4.69, 9.17) is 5.11 Å². The average Bonchev–Trinajstić information content (AvgIpc) is 2.05. The van der Waals surface area contributed by atoms with Gasteiger partial charge in [0.15, 0.2) is 0 Å². The summed E-state index contributed by atoms with van der Waals surface area (Å²) < 4.78 is 0. The van der Waals surface area contributed by atoms with Crippen molar-refractivity contribution in [3.05, 3.63) is 29.3 Å². The summed E-state index contributed by atoms with van der Waals surface area (Å²) in [5.74, 6) is -0.680. The van der Waals surface area contributed by atoms with E-state index in [0.29, 0.717) is 0 Å². The van der Waals surface area contributed by atoms with Crippen LogP contribution < -0.4 is 0 Å². The summed E-state index contributed by atoms with van der Waals surface area (Å²) in [7, 11) is 0. The number of phenolic OH excluding ortho intramolecular Hbond substituents is 1. The van der Waals surface area contributed by atoms with Crippen LogP contribution in [0.1, 0.15) is 31.9 Å². The van der Waals surface area contributed by atoms with Crippen LogP contribution in [-0.2, 0) is 16.6 Å². The van der Waals surface area contributed by atoms with E-state index in [2.05, 4.69) is 0 Å². The summed E-state index contributed by atoms with van der Waals surface area (Å²) in [6, 6.07) is 4.83. The number of aliphatic carboxylic acids is 1. The molecule has 1 aromatic rings. The van der Waals surface area contributed by atoms with Crippen LogP contribution in [0.25, 0.3) is 0 Å². The van der Waals surface area contributed by atoms with Crippen molar-refractivity contribution in [2.24, 2.45) is 0 Å². The molecule has 0 aliphatic heterocycles. The molecular weight excluding hydrogens is 192 g/mol. The number of carboxylic acids is 1. The molecule has 3 heteroatoms. The van der Waals surface area contributed by atoms with Gasteiger partial charge in [0.25, 0.3) is 0 Å². The Morgan fingerprint density at radius 2 is 1.93 bits per heavy atom. The van der Waals surface area contributed by atoms with Gasteiger partial charge in [-0.3, -0.25) is 4.79 Å². The third-order valence-corrected chi connectivity index (χ3v) is 2.24. The Bertz CT molecular complexity index is 375. The molecule has 0 fully saturated rings. The van der Waals surface area contributed by atoms with Crippen molar-refractivity contribution in [1.82, 2.24) is 0 Å². The third-order valence-electron chi connectivity index (χ3n) is 2.24. The second-order valence-electron chi connectivity index (χ2n) is 4.66. The van der Waals surface area contributed by atoms with Crippen molar-refractivity contribution < 1.29 is 15.0 Å². The highest BCUT2D eigenvalue weighted by atomic mass is 16.4. The second-order valence-corrected chi connectivity index (χ2v) is 4.66. The van der Waals surface area contributed by atoms with E-state index in [1.165, 1.54) is 6.07 Å². The van der Waals surface area contributed by atoms with Gasteiger partial charge in [0, 0.05) is 0 Å². The lowest BCUT2D eigenvalue weighted by Crippen LogP contribution is -2.16. The zero-order valence-corrected chi connectivity index (χ0v) is 9.24. The highest BCUT2D eigenvalue weighted by Gasteiger charge is 2.19. The molecule has 0 bridgehead atoms. The summed E-state index contributed by atoms with van der Waals surface area (Å²) >= 11 is 0. The van der Waals surface area contributed by atoms with Gasteiger partial charge in [-0.25, -0.2) is 0 Å². The van der Waals surface area contributed by atoms with E-state index in [0.717, 1.165) is 11.1 Å². The van der Waals surface area contributed by atoms with Crippen LogP contribution in [0.4, 0.5) is 0 Å². The van der Waals surface area contributed by atoms with Gasteiger partial charge in [-0.1, -0.05) is 26.8 Å². The first-order valence-corrected chi connectivity index (χ1v) is 4.85. The van der Waals surface area contributed by atoms with Gasteiger partial charge in [0.1, 0.15) is 5.75 Å². The molecule has 3 nitrogen and oxygen atoms in total. The fourth-order valence-electron chi connectivity index (χ4n) is 1.58. The summed E-state index contributed by atoms with van der Waals surface area (Å²) in [6.45, 7) is 5.98. The lowest BCUT2D eigenvalue weighted by molar-refractivity contribution is -0.136. The van der Waals surface area contributed by atoms with E-state index in [-0.39, 0.29) is 17.6 Å². The minimum atomic E-state index is -0.855. The van der Waals surface area contributed by atoms with E-state index in [1.54, 1.807) is 12.1 Å². The molecule has 0 aliphatic carbocycles. The lowest BCUT2D eigenvalue weighted by Gasteiger charge is -2.22. The number of aromatic hydroxyl groups is 1. The summed E-state index contributed by atoms with van der Waals surface area (Å²) in [5.41, 5.74) is 1.47. The summed E-state index contributed by atoms with van der Waals surface area (Å²) in [4.78, 5) is 10.7. The predicted octanol–water partition coefficient (Wildman–Crippen LogP) is 2.32. The normalized spacial score (nSPS) is 11.4. The molecule has 0 saturated carbocycles. The maximum Gasteiger partial charge on any atom is 0.307 e. The zero-order chi connectivity index (χ0) is 11.6. The van der Waals surface area contributed by atoms with Crippen molar-refractivity contribution >= 4 is 5.97 Å². The van der Waals surface area contributed by atoms with Gasteiger partial charge >= 0.3 is 5.97 Å². The molecule has 0 aromatic heterocycles. The van der Waals surface area contributed by atoms with Gasteiger partial charge in [0.05, 0.1) is 6.42 Å². The van der Waals surface area contributed by atoms with Crippen LogP contribution in [0.5, 0.6) is 5.75 Å². The fraction of sp³-hybridized carbons (Fsp3) is 0.417. The van der Waals surface area contributed by atoms with E-state index in [9.17, 15) is 9.90 Å². The van der Waals surface area contributed by atoms with Gasteiger partial charge < -0.3 is 10.2 Å². The monoisotopic (exact) mass is 208 g/mol. The third kappa shape index (κ3) is 2.98. The molecule has 0 atom stereocenters. The van der Waals surface area contributed by atoms with Crippen molar-refractivity contribution in [2.75, 3.05) is 0 Å². The maximum atomic E-state index is 10.7. The van der Waals surface area contributed by atoms with Gasteiger partial charge in [-0.2, -0.15) is 0 Å². The molecule has 82 valence electrons. The summed E-state index contributed by atoms with van der Waals surface area (Å²) in [5, 5.41) is 18.2. The standard InChI is InChI=1S/C12H16O3/c1-12(2,3)10-7-9(13)5-4-8(10)6-11(14)15/h4-5,7,13H,6H2,1-3H3,(H,14,15). The topological polar surface area (TPSA) is 57.5 Å². The molecule has 0 spiro atoms. The highest BCUT2D eigenvalue weighted by Crippen LogP contribution is 2.29. The van der Waals surface area contributed by atoms with Gasteiger partial charge in [0.2, 0.25) is 0 Å². The van der Waals surface area contributed by atoms with Crippen molar-refractivity contribution in [2.45, 2.75) is 32.6 Å². The van der Waals surface area contributed by atoms with Gasteiger partial charge in [-0.15, -0.1) is 0 Å². The van der Waals surface area contributed by atoms with E-state index >= 15 is 0 Å². The van der Waals surface area contributed by atoms with Crippen molar-refractivity contribution in [3.8, 4) is 5.75 Å². The number of phenols is 1. The number of rotatable bonds is 2. The molecule has 2 N–H and O–H groups in total. The fourth-order valence-corrected chi connectivity index (χ4v) is 1.58. The molecule has 0 saturated heterocycles. The number of hydrogen-bond donors (Lipinski definition) is 2. The number of benzene rings is 1. The zero-order valence-electron chi connectivity index (χ0n) is 9.24. The number of carboxylic acid groups (broad SMARTS) is 1. The van der Waals surface area contributed by atoms with Crippen LogP contribution in [0.15, 0.2) is 18.2 Å². The molecule has 0 heterocycles. The van der Waals surface area contributed by atoms with Crippen LogP contribution in [0.2, 0.25) is 0 Å². The van der Waals surface area contributed by atoms with E-state index < -0.39 is 5.97 Å². The molecule has 1 aromatic carbocycles. The van der Waals surface area contributed by atoms with Crippen LogP contribution in [0.3, 0.4) is 0 Å². The maximum absolute atomic E-state index is 10.7. The Kier molecular flexibility index (Phi) is 3.03. The molecule has 0 aliphatic rings. The lowest BCUT2D eigenvalue weighted by atomic mass is 9.83. The first-order valence-electron chi connectivity index (χ1n) is 4.85. The molecule has 0 radical (unpaired) electrons. The highest BCUT2D eigenvalue weighted by molar-refractivity contribution is 5.71. The predicted molar refractivity (Wildman–Crippen MR) is 58.1 cm³/mol. The van der Waals surface area contributed by atoms with Crippen LogP contribution in [-0.4, -0.2) is 16.2 Å². The van der Waals surface area contributed by atoms with Gasteiger partial charge in [-0.05, 0) is 28.7 Å². The van der Waals surface area contributed by atoms with Crippen molar-refractivity contribution in [3.63, 3.8) is 0 Å². The molecule has 0 unspecified atom stereocenters. The quantitative estimate of drug-likeness (QED) is 0.784. The number of carbonyl (C=O) groups is 1. The molecule has 1 rings (SSSR count). The minimum absolute atomic E-state index is 0.00706. The first kappa shape index (κ1) is 11.6. The molecule has 0 amide bonds. The largest absolute Gasteiger partial charge is 0.508 e. The minimum Gasteiger partial charge on any atom is -0.508 e. The Morgan fingerprint density at radius 1 is 1.33 bits per heavy atom. The van der Waals surface area contributed by atoms with Crippen LogP contribution in [0, 0.1) is 0 Å². The first-order chi connectivity index (χ1) is 6.80. The van der Waals surface area contributed by atoms with Crippen LogP contribution >= 0.6 is 0 Å². The number of hydrogen-bond acceptors (Lipinski definition) is 2. The molecule has 15 heavy (non-hydrogen) atoms. The van der Waals surface area contributed by atoms with Crippen molar-refractivity contribution in [1.29, 1.82) is 0 Å². The Balaban J connectivity index is 3.20. The Labute approximate surface area is 89.4 Å². The SMILES string of the molecule is CC(C)(C)c1cc(O)ccc1CC(=O)O. The second kappa shape index (κ2) is 3.93. The Morgan fingerprint density at radius 3 is 2.40 bits per heavy atom. The molecular formula is C12H16O3.